The summed E-state index contributed by atoms with van der Waals surface area (Å²) in [6, 6.07) is 3.88. The highest BCUT2D eigenvalue weighted by molar-refractivity contribution is 9.10. The van der Waals surface area contributed by atoms with Crippen molar-refractivity contribution >= 4 is 27.6 Å². The highest BCUT2D eigenvalue weighted by Crippen LogP contribution is 2.30. The molecule has 0 fully saturated rings. The van der Waals surface area contributed by atoms with E-state index in [4.69, 9.17) is 10.4 Å². The number of nitrogens with zero attached hydrogens (tertiary/aromatic N) is 2. The summed E-state index contributed by atoms with van der Waals surface area (Å²) in [6.07, 6.45) is 0. The van der Waals surface area contributed by atoms with Gasteiger partial charge in [-0.05, 0) is 28.1 Å². The van der Waals surface area contributed by atoms with E-state index >= 15 is 0 Å². The molecule has 1 rings (SSSR count). The maximum Gasteiger partial charge on any atom is 0.342 e. The Balaban J connectivity index is 3.58. The maximum absolute atomic E-state index is 10.7. The number of hydrogen-bond acceptors (Lipinski definition) is 4. The molecule has 0 aromatic heterocycles. The van der Waals surface area contributed by atoms with Crippen LogP contribution in [0.5, 0.6) is 0 Å². The molecule has 0 unspecified atom stereocenters. The van der Waals surface area contributed by atoms with Gasteiger partial charge in [0.2, 0.25) is 0 Å². The van der Waals surface area contributed by atoms with Crippen molar-refractivity contribution in [3.8, 4) is 6.07 Å². The molecule has 0 atom stereocenters. The molecule has 0 aliphatic carbocycles. The van der Waals surface area contributed by atoms with E-state index in [1.165, 1.54) is 6.07 Å². The van der Waals surface area contributed by atoms with E-state index in [1.54, 1.807) is 6.07 Å². The van der Waals surface area contributed by atoms with Crippen LogP contribution in [0.25, 0.3) is 0 Å². The molecule has 6 nitrogen and oxygen atoms in total. The second-order valence-electron chi connectivity index (χ2n) is 2.53. The summed E-state index contributed by atoms with van der Waals surface area (Å²) >= 11 is 2.85. The summed E-state index contributed by atoms with van der Waals surface area (Å²) in [4.78, 5) is 20.5. The number of hydrogen-bond donors (Lipinski definition) is 1. The zero-order valence-electron chi connectivity index (χ0n) is 7.10. The number of nitro groups is 1. The number of aromatic carboxylic acids is 1. The Morgan fingerprint density at radius 3 is 2.60 bits per heavy atom. The van der Waals surface area contributed by atoms with Gasteiger partial charge in [0.1, 0.15) is 5.56 Å². The van der Waals surface area contributed by atoms with Gasteiger partial charge >= 0.3 is 5.97 Å². The summed E-state index contributed by atoms with van der Waals surface area (Å²) in [5.41, 5.74) is -1.02. The number of halogens is 1. The number of carboxylic acid groups (broad SMARTS) is 1. The first kappa shape index (κ1) is 11.1. The maximum atomic E-state index is 10.7. The number of nitriles is 1. The minimum atomic E-state index is -1.44. The van der Waals surface area contributed by atoms with Crippen molar-refractivity contribution in [3.63, 3.8) is 0 Å². The summed E-state index contributed by atoms with van der Waals surface area (Å²) < 4.78 is -0.0241. The Hall–Kier alpha value is -1.94. The zero-order chi connectivity index (χ0) is 11.6. The normalized spacial score (nSPS) is 9.33. The molecule has 1 aromatic carbocycles. The van der Waals surface area contributed by atoms with Crippen LogP contribution in [-0.4, -0.2) is 16.0 Å². The van der Waals surface area contributed by atoms with Gasteiger partial charge in [0.05, 0.1) is 21.0 Å². The van der Waals surface area contributed by atoms with E-state index in [9.17, 15) is 14.9 Å². The first-order valence-corrected chi connectivity index (χ1v) is 4.38. The minimum absolute atomic E-state index is 0.0241. The van der Waals surface area contributed by atoms with Crippen molar-refractivity contribution in [2.75, 3.05) is 0 Å². The first-order valence-electron chi connectivity index (χ1n) is 3.58. The van der Waals surface area contributed by atoms with E-state index in [0.29, 0.717) is 0 Å². The average molecular weight is 271 g/mol. The van der Waals surface area contributed by atoms with Crippen molar-refractivity contribution in [2.24, 2.45) is 0 Å². The minimum Gasteiger partial charge on any atom is -0.477 e. The number of benzene rings is 1. The highest BCUT2D eigenvalue weighted by atomic mass is 79.9. The van der Waals surface area contributed by atoms with Crippen LogP contribution in [0.4, 0.5) is 5.69 Å². The molecule has 1 aromatic rings. The molecule has 76 valence electrons. The number of rotatable bonds is 2. The Labute approximate surface area is 92.0 Å². The van der Waals surface area contributed by atoms with Crippen molar-refractivity contribution in [3.05, 3.63) is 37.8 Å². The van der Waals surface area contributed by atoms with Crippen LogP contribution < -0.4 is 0 Å². The molecule has 0 amide bonds. The van der Waals surface area contributed by atoms with Gasteiger partial charge in [0.25, 0.3) is 5.69 Å². The van der Waals surface area contributed by atoms with Crippen molar-refractivity contribution in [1.82, 2.24) is 0 Å². The van der Waals surface area contributed by atoms with Crippen LogP contribution in [0.15, 0.2) is 16.6 Å². The lowest BCUT2D eigenvalue weighted by Gasteiger charge is -2.00. The fourth-order valence-corrected chi connectivity index (χ4v) is 1.62. The number of carbonyl (C=O) groups is 1. The Morgan fingerprint density at radius 1 is 1.60 bits per heavy atom. The Bertz CT molecular complexity index is 492. The summed E-state index contributed by atoms with van der Waals surface area (Å²) in [7, 11) is 0. The molecule has 0 aliphatic rings. The first-order chi connectivity index (χ1) is 6.97. The Kier molecular flexibility index (Phi) is 3.01. The molecule has 0 bridgehead atoms. The Morgan fingerprint density at radius 2 is 2.20 bits per heavy atom. The van der Waals surface area contributed by atoms with Gasteiger partial charge in [-0.1, -0.05) is 0 Å². The van der Waals surface area contributed by atoms with Crippen LogP contribution in [0, 0.1) is 21.4 Å². The number of carboxylic acids is 1. The van der Waals surface area contributed by atoms with Crippen molar-refractivity contribution in [1.29, 1.82) is 5.26 Å². The predicted molar refractivity (Wildman–Crippen MR) is 52.5 cm³/mol. The monoisotopic (exact) mass is 270 g/mol. The average Bonchev–Trinajstić information content (AvgIpc) is 2.15. The fourth-order valence-electron chi connectivity index (χ4n) is 1.01. The molecule has 1 N–H and O–H groups in total. The third kappa shape index (κ3) is 2.11. The van der Waals surface area contributed by atoms with Crippen molar-refractivity contribution in [2.45, 2.75) is 0 Å². The SMILES string of the molecule is N#Cc1cc(Br)c([N+](=O)[O-])c(C(=O)O)c1. The molecular weight excluding hydrogens is 268 g/mol. The second-order valence-corrected chi connectivity index (χ2v) is 3.38. The van der Waals surface area contributed by atoms with Gasteiger partial charge in [-0.15, -0.1) is 0 Å². The molecule has 0 saturated carbocycles. The standard InChI is InChI=1S/C8H3BrN2O4/c9-6-2-4(3-10)1-5(8(12)13)7(6)11(14)15/h1-2H,(H,12,13). The van der Waals surface area contributed by atoms with Crippen LogP contribution in [0.1, 0.15) is 15.9 Å². The van der Waals surface area contributed by atoms with Crippen LogP contribution in [0.3, 0.4) is 0 Å². The molecule has 0 spiro atoms. The second kappa shape index (κ2) is 4.06. The van der Waals surface area contributed by atoms with Crippen LogP contribution >= 0.6 is 15.9 Å². The third-order valence-corrected chi connectivity index (χ3v) is 2.21. The van der Waals surface area contributed by atoms with E-state index < -0.39 is 22.1 Å². The van der Waals surface area contributed by atoms with E-state index in [0.717, 1.165) is 6.07 Å². The van der Waals surface area contributed by atoms with Gasteiger partial charge in [0, 0.05) is 0 Å². The molecule has 0 radical (unpaired) electrons. The summed E-state index contributed by atoms with van der Waals surface area (Å²) in [6.45, 7) is 0. The lowest BCUT2D eigenvalue weighted by Crippen LogP contribution is -2.04. The molecule has 7 heteroatoms. The number of nitro benzene ring substituents is 1. The fraction of sp³-hybridized carbons (Fsp3) is 0. The predicted octanol–water partition coefficient (Wildman–Crippen LogP) is 1.93. The lowest BCUT2D eigenvalue weighted by molar-refractivity contribution is -0.386. The topological polar surface area (TPSA) is 104 Å². The van der Waals surface area contributed by atoms with E-state index in [-0.39, 0.29) is 10.0 Å². The van der Waals surface area contributed by atoms with E-state index in [1.807, 2.05) is 0 Å². The summed E-state index contributed by atoms with van der Waals surface area (Å²) in [5, 5.41) is 27.9. The molecule has 0 aliphatic heterocycles. The lowest BCUT2D eigenvalue weighted by atomic mass is 10.1. The van der Waals surface area contributed by atoms with Gasteiger partial charge in [-0.3, -0.25) is 10.1 Å². The molecular formula is C8H3BrN2O4. The van der Waals surface area contributed by atoms with Crippen LogP contribution in [0.2, 0.25) is 0 Å². The van der Waals surface area contributed by atoms with E-state index in [2.05, 4.69) is 15.9 Å². The smallest absolute Gasteiger partial charge is 0.342 e. The molecule has 0 heterocycles. The third-order valence-electron chi connectivity index (χ3n) is 1.61. The zero-order valence-corrected chi connectivity index (χ0v) is 8.69. The van der Waals surface area contributed by atoms with Gasteiger partial charge in [-0.25, -0.2) is 4.79 Å². The summed E-state index contributed by atoms with van der Waals surface area (Å²) in [5.74, 6) is -1.44. The molecule has 0 saturated heterocycles. The van der Waals surface area contributed by atoms with Gasteiger partial charge in [-0.2, -0.15) is 5.26 Å². The van der Waals surface area contributed by atoms with Crippen LogP contribution in [-0.2, 0) is 0 Å². The quantitative estimate of drug-likeness (QED) is 0.653. The largest absolute Gasteiger partial charge is 0.477 e. The highest BCUT2D eigenvalue weighted by Gasteiger charge is 2.24. The van der Waals surface area contributed by atoms with Crippen molar-refractivity contribution < 1.29 is 14.8 Å². The van der Waals surface area contributed by atoms with Gasteiger partial charge < -0.3 is 5.11 Å². The molecule has 15 heavy (non-hydrogen) atoms. The van der Waals surface area contributed by atoms with Gasteiger partial charge in [0.15, 0.2) is 0 Å².